The lowest BCUT2D eigenvalue weighted by atomic mass is 9.93. The lowest BCUT2D eigenvalue weighted by Crippen LogP contribution is -2.33. The van der Waals surface area contributed by atoms with Crippen molar-refractivity contribution >= 4 is 11.7 Å². The third kappa shape index (κ3) is 4.47. The van der Waals surface area contributed by atoms with E-state index in [1.165, 1.54) is 50.6 Å². The van der Waals surface area contributed by atoms with Crippen LogP contribution in [0.1, 0.15) is 32.5 Å². The molecule has 0 saturated heterocycles. The molecule has 35 heavy (non-hydrogen) atoms. The van der Waals surface area contributed by atoms with Gasteiger partial charge in [0.1, 0.15) is 11.8 Å². The third-order valence-corrected chi connectivity index (χ3v) is 5.45. The number of methoxy groups -OCH3 is 2. The molecular weight excluding hydrogens is 465 g/mol. The molecule has 1 aliphatic rings. The number of rotatable bonds is 5. The molecule has 0 saturated carbocycles. The highest BCUT2D eigenvalue weighted by molar-refractivity contribution is 6.11. The van der Waals surface area contributed by atoms with Crippen LogP contribution in [0.4, 0.5) is 13.2 Å². The second-order valence-corrected chi connectivity index (χ2v) is 7.54. The van der Waals surface area contributed by atoms with Crippen molar-refractivity contribution in [3.63, 3.8) is 0 Å². The summed E-state index contributed by atoms with van der Waals surface area (Å²) >= 11 is 0. The van der Waals surface area contributed by atoms with E-state index in [0.717, 1.165) is 0 Å². The molecule has 0 fully saturated rings. The van der Waals surface area contributed by atoms with Gasteiger partial charge in [0.25, 0.3) is 5.91 Å². The highest BCUT2D eigenvalue weighted by Gasteiger charge is 2.45. The van der Waals surface area contributed by atoms with Gasteiger partial charge in [-0.2, -0.15) is 13.2 Å². The van der Waals surface area contributed by atoms with Crippen molar-refractivity contribution in [3.8, 4) is 22.8 Å². The Labute approximate surface area is 197 Å². The van der Waals surface area contributed by atoms with Crippen molar-refractivity contribution in [3.05, 3.63) is 88.8 Å². The zero-order valence-electron chi connectivity index (χ0n) is 18.5. The summed E-state index contributed by atoms with van der Waals surface area (Å²) in [5, 5.41) is 12.8. The number of hydrogen-bond acceptors (Lipinski definition) is 6. The smallest absolute Gasteiger partial charge is 0.431 e. The Morgan fingerprint density at radius 2 is 1.69 bits per heavy atom. The Hall–Kier alpha value is -4.18. The van der Waals surface area contributed by atoms with Crippen LogP contribution in [0.25, 0.3) is 11.3 Å². The molecule has 7 nitrogen and oxygen atoms in total. The molecule has 10 heteroatoms. The van der Waals surface area contributed by atoms with Gasteiger partial charge in [0.05, 0.1) is 36.7 Å². The summed E-state index contributed by atoms with van der Waals surface area (Å²) in [6.45, 7) is 0. The number of carbonyl (C=O) groups is 2. The van der Waals surface area contributed by atoms with Crippen LogP contribution in [0, 0.1) is 0 Å². The van der Waals surface area contributed by atoms with Crippen LogP contribution in [0.2, 0.25) is 0 Å². The SMILES string of the molecule is COc1ccc(-c2ccc3c(n2)C(O)C(C(=O)c2ccccc2)=C(C(F)(F)F)NC3=O)cc1OC. The first-order valence-electron chi connectivity index (χ1n) is 10.3. The second-order valence-electron chi connectivity index (χ2n) is 7.54. The number of alkyl halides is 3. The number of ether oxygens (including phenoxy) is 2. The van der Waals surface area contributed by atoms with Crippen molar-refractivity contribution in [1.82, 2.24) is 10.3 Å². The maximum absolute atomic E-state index is 13.9. The molecule has 0 bridgehead atoms. The van der Waals surface area contributed by atoms with E-state index in [4.69, 9.17) is 9.47 Å². The van der Waals surface area contributed by atoms with Gasteiger partial charge in [0, 0.05) is 11.1 Å². The fourth-order valence-electron chi connectivity index (χ4n) is 3.76. The maximum atomic E-state index is 13.9. The summed E-state index contributed by atoms with van der Waals surface area (Å²) in [5.74, 6) is -1.41. The quantitative estimate of drug-likeness (QED) is 0.526. The molecular formula is C25H19F3N2O5. The molecule has 1 atom stereocenters. The third-order valence-electron chi connectivity index (χ3n) is 5.45. The highest BCUT2D eigenvalue weighted by atomic mass is 19.4. The maximum Gasteiger partial charge on any atom is 0.431 e. The Balaban J connectivity index is 1.89. The van der Waals surface area contributed by atoms with Gasteiger partial charge >= 0.3 is 6.18 Å². The first-order chi connectivity index (χ1) is 16.7. The number of benzene rings is 2. The van der Waals surface area contributed by atoms with Crippen LogP contribution in [0.3, 0.4) is 0 Å². The summed E-state index contributed by atoms with van der Waals surface area (Å²) in [6, 6.07) is 14.7. The minimum Gasteiger partial charge on any atom is -0.493 e. The molecule has 0 aliphatic carbocycles. The van der Waals surface area contributed by atoms with E-state index in [1.807, 2.05) is 0 Å². The first-order valence-corrected chi connectivity index (χ1v) is 10.3. The Bertz CT molecular complexity index is 1340. The van der Waals surface area contributed by atoms with E-state index in [1.54, 1.807) is 29.6 Å². The minimum atomic E-state index is -5.12. The van der Waals surface area contributed by atoms with Gasteiger partial charge in [-0.15, -0.1) is 0 Å². The molecule has 2 heterocycles. The second kappa shape index (κ2) is 9.22. The number of aliphatic hydroxyl groups is 1. The largest absolute Gasteiger partial charge is 0.493 e. The number of aliphatic hydroxyl groups excluding tert-OH is 1. The molecule has 1 aromatic heterocycles. The number of carbonyl (C=O) groups excluding carboxylic acids is 2. The van der Waals surface area contributed by atoms with E-state index in [0.29, 0.717) is 17.1 Å². The molecule has 1 amide bonds. The van der Waals surface area contributed by atoms with E-state index in [-0.39, 0.29) is 22.5 Å². The predicted molar refractivity (Wildman–Crippen MR) is 119 cm³/mol. The average molecular weight is 484 g/mol. The molecule has 4 rings (SSSR count). The summed E-state index contributed by atoms with van der Waals surface area (Å²) in [5.41, 5.74) is -2.69. The van der Waals surface area contributed by atoms with Gasteiger partial charge in [-0.25, -0.2) is 4.98 Å². The van der Waals surface area contributed by atoms with Crippen LogP contribution in [-0.2, 0) is 0 Å². The lowest BCUT2D eigenvalue weighted by molar-refractivity contribution is -0.0973. The zero-order chi connectivity index (χ0) is 25.3. The molecule has 180 valence electrons. The fourth-order valence-corrected chi connectivity index (χ4v) is 3.76. The molecule has 0 radical (unpaired) electrons. The molecule has 2 aromatic carbocycles. The number of nitrogens with one attached hydrogen (secondary N) is 1. The topological polar surface area (TPSA) is 97.8 Å². The Kier molecular flexibility index (Phi) is 6.31. The number of pyridine rings is 1. The van der Waals surface area contributed by atoms with Crippen molar-refractivity contribution in [2.75, 3.05) is 14.2 Å². The first kappa shape index (κ1) is 24.0. The normalized spacial score (nSPS) is 15.7. The molecule has 1 unspecified atom stereocenters. The van der Waals surface area contributed by atoms with Crippen LogP contribution >= 0.6 is 0 Å². The van der Waals surface area contributed by atoms with Crippen molar-refractivity contribution in [2.45, 2.75) is 12.3 Å². The number of fused-ring (bicyclic) bond motifs is 1. The summed E-state index contributed by atoms with van der Waals surface area (Å²) in [7, 11) is 2.90. The van der Waals surface area contributed by atoms with Gasteiger partial charge in [-0.1, -0.05) is 30.3 Å². The predicted octanol–water partition coefficient (Wildman–Crippen LogP) is 4.24. The number of aromatic nitrogens is 1. The number of hydrogen-bond donors (Lipinski definition) is 2. The van der Waals surface area contributed by atoms with Gasteiger partial charge in [-0.3, -0.25) is 9.59 Å². The molecule has 1 aliphatic heterocycles. The van der Waals surface area contributed by atoms with E-state index in [9.17, 15) is 27.9 Å². The molecule has 0 spiro atoms. The van der Waals surface area contributed by atoms with E-state index < -0.39 is 35.2 Å². The van der Waals surface area contributed by atoms with Crippen LogP contribution in [0.15, 0.2) is 71.9 Å². The van der Waals surface area contributed by atoms with Gasteiger partial charge in [-0.05, 0) is 30.3 Å². The standard InChI is InChI=1S/C25H19F3N2O5/c1-34-17-11-8-14(12-18(17)35-2)16-10-9-15-20(29-16)22(32)19(21(31)13-6-4-3-5-7-13)23(25(26,27)28)30-24(15)33/h3-12,22,32H,1-2H3,(H,30,33). The number of halogens is 3. The van der Waals surface area contributed by atoms with E-state index in [2.05, 4.69) is 4.98 Å². The van der Waals surface area contributed by atoms with Gasteiger partial charge in [0.2, 0.25) is 0 Å². The average Bonchev–Trinajstić information content (AvgIpc) is 2.97. The molecule has 3 aromatic rings. The summed E-state index contributed by atoms with van der Waals surface area (Å²) in [4.78, 5) is 30.1. The zero-order valence-corrected chi connectivity index (χ0v) is 18.5. The lowest BCUT2D eigenvalue weighted by Gasteiger charge is -2.19. The number of Topliss-reactive ketones (excluding diaryl/α,β-unsaturated/α-hetero) is 1. The van der Waals surface area contributed by atoms with Crippen molar-refractivity contribution in [2.24, 2.45) is 0 Å². The van der Waals surface area contributed by atoms with Crippen LogP contribution < -0.4 is 14.8 Å². The number of amides is 1. The molecule has 2 N–H and O–H groups in total. The minimum absolute atomic E-state index is 0.0861. The van der Waals surface area contributed by atoms with Gasteiger partial charge in [0.15, 0.2) is 17.3 Å². The van der Waals surface area contributed by atoms with Crippen molar-refractivity contribution < 1.29 is 37.3 Å². The number of nitrogens with zero attached hydrogens (tertiary/aromatic N) is 1. The Morgan fingerprint density at radius 3 is 2.31 bits per heavy atom. The number of allylic oxidation sites excluding steroid dienone is 1. The highest BCUT2D eigenvalue weighted by Crippen LogP contribution is 2.38. The van der Waals surface area contributed by atoms with Crippen molar-refractivity contribution in [1.29, 1.82) is 0 Å². The van der Waals surface area contributed by atoms with Crippen LogP contribution in [-0.4, -0.2) is 42.2 Å². The Morgan fingerprint density at radius 1 is 1.00 bits per heavy atom. The monoisotopic (exact) mass is 484 g/mol. The van der Waals surface area contributed by atoms with Crippen LogP contribution in [0.5, 0.6) is 11.5 Å². The summed E-state index contributed by atoms with van der Waals surface area (Å²) in [6.07, 6.45) is -7.25. The summed E-state index contributed by atoms with van der Waals surface area (Å²) < 4.78 is 52.3. The van der Waals surface area contributed by atoms with E-state index >= 15 is 0 Å². The van der Waals surface area contributed by atoms with Gasteiger partial charge < -0.3 is 19.9 Å². The fraction of sp³-hybridized carbons (Fsp3) is 0.160. The number of ketones is 1.